The molecular formula is C47H30N4. The van der Waals surface area contributed by atoms with Gasteiger partial charge in [-0.05, 0) is 75.1 Å². The monoisotopic (exact) mass is 650 g/mol. The minimum atomic E-state index is 0.634. The van der Waals surface area contributed by atoms with Crippen molar-refractivity contribution in [2.75, 3.05) is 0 Å². The van der Waals surface area contributed by atoms with Crippen molar-refractivity contribution in [2.45, 2.75) is 0 Å². The second-order valence-electron chi connectivity index (χ2n) is 12.8. The van der Waals surface area contributed by atoms with E-state index in [9.17, 15) is 0 Å². The molecule has 0 spiro atoms. The summed E-state index contributed by atoms with van der Waals surface area (Å²) in [6.45, 7) is 0. The summed E-state index contributed by atoms with van der Waals surface area (Å²) in [5.41, 5.74) is 8.65. The van der Waals surface area contributed by atoms with Crippen molar-refractivity contribution < 1.29 is 0 Å². The predicted molar refractivity (Wildman–Crippen MR) is 211 cm³/mol. The van der Waals surface area contributed by atoms with Gasteiger partial charge in [0.25, 0.3) is 0 Å². The van der Waals surface area contributed by atoms with Crippen LogP contribution in [0, 0.1) is 0 Å². The van der Waals surface area contributed by atoms with Crippen LogP contribution in [0.1, 0.15) is 0 Å². The Balaban J connectivity index is 1.13. The third-order valence-electron chi connectivity index (χ3n) is 9.86. The molecule has 4 heteroatoms. The average molecular weight is 651 g/mol. The minimum absolute atomic E-state index is 0.634. The van der Waals surface area contributed by atoms with E-state index in [0.29, 0.717) is 17.5 Å². The quantitative estimate of drug-likeness (QED) is 0.186. The number of nitrogens with zero attached hydrogens (tertiary/aromatic N) is 4. The third kappa shape index (κ3) is 4.88. The predicted octanol–water partition coefficient (Wildman–Crippen LogP) is 11.9. The summed E-state index contributed by atoms with van der Waals surface area (Å²) in [5.74, 6) is 1.92. The van der Waals surface area contributed by atoms with Crippen LogP contribution in [0.5, 0.6) is 0 Å². The molecule has 0 bridgehead atoms. The summed E-state index contributed by atoms with van der Waals surface area (Å²) in [6, 6.07) is 63.9. The van der Waals surface area contributed by atoms with Gasteiger partial charge in [-0.2, -0.15) is 0 Å². The number of rotatable bonds is 5. The Hall–Kier alpha value is -6.91. The van der Waals surface area contributed by atoms with E-state index in [2.05, 4.69) is 168 Å². The maximum atomic E-state index is 5.15. The molecule has 0 aliphatic rings. The number of hydrogen-bond acceptors (Lipinski definition) is 3. The Bertz CT molecular complexity index is 2890. The lowest BCUT2D eigenvalue weighted by molar-refractivity contribution is 1.07. The Labute approximate surface area is 295 Å². The zero-order valence-electron chi connectivity index (χ0n) is 27.6. The van der Waals surface area contributed by atoms with Crippen LogP contribution in [0.2, 0.25) is 0 Å². The van der Waals surface area contributed by atoms with Crippen molar-refractivity contribution in [3.05, 3.63) is 182 Å². The molecule has 0 amide bonds. The molecule has 238 valence electrons. The lowest BCUT2D eigenvalue weighted by Gasteiger charge is -2.13. The topological polar surface area (TPSA) is 43.6 Å². The highest BCUT2D eigenvalue weighted by Crippen LogP contribution is 2.38. The van der Waals surface area contributed by atoms with E-state index in [-0.39, 0.29) is 0 Å². The average Bonchev–Trinajstić information content (AvgIpc) is 3.56. The molecule has 10 rings (SSSR count). The molecule has 0 unspecified atom stereocenters. The maximum Gasteiger partial charge on any atom is 0.164 e. The number of aromatic nitrogens is 4. The lowest BCUT2D eigenvalue weighted by Crippen LogP contribution is -2.01. The van der Waals surface area contributed by atoms with Crippen LogP contribution < -0.4 is 0 Å². The first kappa shape index (κ1) is 29.0. The van der Waals surface area contributed by atoms with Gasteiger partial charge in [0, 0.05) is 33.2 Å². The van der Waals surface area contributed by atoms with Crippen molar-refractivity contribution >= 4 is 43.4 Å². The van der Waals surface area contributed by atoms with Crippen LogP contribution in [0.3, 0.4) is 0 Å². The summed E-state index contributed by atoms with van der Waals surface area (Å²) in [7, 11) is 0. The Morgan fingerprint density at radius 3 is 1.57 bits per heavy atom. The van der Waals surface area contributed by atoms with Gasteiger partial charge in [-0.3, -0.25) is 0 Å². The third-order valence-corrected chi connectivity index (χ3v) is 9.86. The van der Waals surface area contributed by atoms with Crippen LogP contribution in [0.15, 0.2) is 182 Å². The van der Waals surface area contributed by atoms with E-state index >= 15 is 0 Å². The minimum Gasteiger partial charge on any atom is -0.309 e. The molecule has 0 aliphatic carbocycles. The largest absolute Gasteiger partial charge is 0.309 e. The number of hydrogen-bond donors (Lipinski definition) is 0. The van der Waals surface area contributed by atoms with Crippen molar-refractivity contribution in [2.24, 2.45) is 0 Å². The van der Waals surface area contributed by atoms with Crippen molar-refractivity contribution in [1.29, 1.82) is 0 Å². The van der Waals surface area contributed by atoms with E-state index in [1.165, 1.54) is 43.7 Å². The van der Waals surface area contributed by atoms with Gasteiger partial charge in [0.05, 0.1) is 11.0 Å². The molecule has 0 saturated carbocycles. The smallest absolute Gasteiger partial charge is 0.164 e. The summed E-state index contributed by atoms with van der Waals surface area (Å²) >= 11 is 0. The SMILES string of the molecule is c1ccc(-c2nc(-c3ccc(-n4c5ccccc5c5c6ccccc6ccc54)cc3)nc(-c3ccc(-c4ccccc4)c4ccccc34)n2)cc1. The fourth-order valence-electron chi connectivity index (χ4n) is 7.48. The number of benzene rings is 8. The zero-order chi connectivity index (χ0) is 33.7. The molecule has 51 heavy (non-hydrogen) atoms. The molecule has 4 nitrogen and oxygen atoms in total. The lowest BCUT2D eigenvalue weighted by atomic mass is 9.95. The van der Waals surface area contributed by atoms with Crippen LogP contribution in [-0.2, 0) is 0 Å². The molecule has 0 radical (unpaired) electrons. The van der Waals surface area contributed by atoms with E-state index in [0.717, 1.165) is 33.2 Å². The van der Waals surface area contributed by atoms with Gasteiger partial charge in [0.1, 0.15) is 0 Å². The molecule has 0 aliphatic heterocycles. The van der Waals surface area contributed by atoms with Crippen molar-refractivity contribution in [3.8, 4) is 51.0 Å². The molecule has 0 saturated heterocycles. The first-order valence-corrected chi connectivity index (χ1v) is 17.2. The van der Waals surface area contributed by atoms with E-state index < -0.39 is 0 Å². The van der Waals surface area contributed by atoms with Gasteiger partial charge in [-0.1, -0.05) is 140 Å². The summed E-state index contributed by atoms with van der Waals surface area (Å²) in [5, 5.41) is 7.28. The first-order valence-electron chi connectivity index (χ1n) is 17.2. The number of fused-ring (bicyclic) bond motifs is 6. The van der Waals surface area contributed by atoms with Crippen LogP contribution in [-0.4, -0.2) is 19.5 Å². The molecule has 0 fully saturated rings. The Kier molecular flexibility index (Phi) is 6.78. The summed E-state index contributed by atoms with van der Waals surface area (Å²) < 4.78 is 2.36. The first-order chi connectivity index (χ1) is 25.3. The van der Waals surface area contributed by atoms with Crippen LogP contribution >= 0.6 is 0 Å². The van der Waals surface area contributed by atoms with Gasteiger partial charge in [0.2, 0.25) is 0 Å². The van der Waals surface area contributed by atoms with Crippen molar-refractivity contribution in [1.82, 2.24) is 19.5 Å². The second kappa shape index (κ2) is 11.9. The maximum absolute atomic E-state index is 5.15. The highest BCUT2D eigenvalue weighted by atomic mass is 15.0. The van der Waals surface area contributed by atoms with E-state index in [1.54, 1.807) is 0 Å². The molecular weight excluding hydrogens is 621 g/mol. The van der Waals surface area contributed by atoms with Gasteiger partial charge in [-0.25, -0.2) is 15.0 Å². The van der Waals surface area contributed by atoms with Crippen molar-refractivity contribution in [3.63, 3.8) is 0 Å². The van der Waals surface area contributed by atoms with E-state index in [4.69, 9.17) is 15.0 Å². The van der Waals surface area contributed by atoms with Crippen LogP contribution in [0.4, 0.5) is 0 Å². The Morgan fingerprint density at radius 2 is 0.843 bits per heavy atom. The van der Waals surface area contributed by atoms with Crippen LogP contribution in [0.25, 0.3) is 94.3 Å². The summed E-state index contributed by atoms with van der Waals surface area (Å²) in [6.07, 6.45) is 0. The van der Waals surface area contributed by atoms with E-state index in [1.807, 2.05) is 18.2 Å². The Morgan fingerprint density at radius 1 is 0.314 bits per heavy atom. The molecule has 8 aromatic carbocycles. The van der Waals surface area contributed by atoms with Gasteiger partial charge in [0.15, 0.2) is 17.5 Å². The molecule has 2 heterocycles. The standard InChI is InChI=1S/C47H30N4/c1-3-13-31(14-4-1)36-28-29-40(39-20-10-9-19-38(36)39)47-49-45(33-16-5-2-6-17-33)48-46(50-47)34-23-26-35(27-24-34)51-42-22-12-11-21-41(42)44-37-18-8-7-15-32(37)25-30-43(44)51/h1-30H. The van der Waals surface area contributed by atoms with Gasteiger partial charge < -0.3 is 4.57 Å². The zero-order valence-corrected chi connectivity index (χ0v) is 27.6. The highest BCUT2D eigenvalue weighted by molar-refractivity contribution is 6.21. The molecule has 2 aromatic heterocycles. The fourth-order valence-corrected chi connectivity index (χ4v) is 7.48. The molecule has 10 aromatic rings. The number of para-hydroxylation sites is 1. The molecule has 0 atom stereocenters. The normalized spacial score (nSPS) is 11.5. The van der Waals surface area contributed by atoms with Gasteiger partial charge >= 0.3 is 0 Å². The molecule has 0 N–H and O–H groups in total. The second-order valence-corrected chi connectivity index (χ2v) is 12.8. The highest BCUT2D eigenvalue weighted by Gasteiger charge is 2.18. The van der Waals surface area contributed by atoms with Gasteiger partial charge in [-0.15, -0.1) is 0 Å². The summed E-state index contributed by atoms with van der Waals surface area (Å²) in [4.78, 5) is 15.3. The fraction of sp³-hybridized carbons (Fsp3) is 0.